The van der Waals surface area contributed by atoms with Crippen LogP contribution in [0.15, 0.2) is 12.7 Å². The Hall–Kier alpha value is -0.830. The van der Waals surface area contributed by atoms with Crippen molar-refractivity contribution < 1.29 is 4.79 Å². The summed E-state index contributed by atoms with van der Waals surface area (Å²) in [5, 5.41) is 2.83. The highest BCUT2D eigenvalue weighted by Crippen LogP contribution is 2.05. The van der Waals surface area contributed by atoms with Crippen molar-refractivity contribution in [2.24, 2.45) is 11.7 Å². The molecule has 88 valence electrons. The van der Waals surface area contributed by atoms with Crippen LogP contribution in [-0.4, -0.2) is 18.5 Å². The SMILES string of the molecule is C=CCC(N)C(=O)NCCCCC(C)C. The van der Waals surface area contributed by atoms with Gasteiger partial charge in [-0.05, 0) is 18.8 Å². The summed E-state index contributed by atoms with van der Waals surface area (Å²) in [5.41, 5.74) is 5.61. The lowest BCUT2D eigenvalue weighted by Gasteiger charge is -2.10. The van der Waals surface area contributed by atoms with Gasteiger partial charge in [-0.2, -0.15) is 0 Å². The Morgan fingerprint density at radius 2 is 2.13 bits per heavy atom. The monoisotopic (exact) mass is 212 g/mol. The van der Waals surface area contributed by atoms with Gasteiger partial charge in [0.15, 0.2) is 0 Å². The van der Waals surface area contributed by atoms with Crippen molar-refractivity contribution in [1.82, 2.24) is 5.32 Å². The van der Waals surface area contributed by atoms with E-state index in [2.05, 4.69) is 25.7 Å². The first-order valence-electron chi connectivity index (χ1n) is 5.72. The molecular formula is C12H24N2O. The molecule has 0 aromatic carbocycles. The Balaban J connectivity index is 3.42. The number of nitrogens with two attached hydrogens (primary N) is 1. The van der Waals surface area contributed by atoms with Crippen LogP contribution < -0.4 is 11.1 Å². The van der Waals surface area contributed by atoms with Gasteiger partial charge >= 0.3 is 0 Å². The van der Waals surface area contributed by atoms with Crippen molar-refractivity contribution >= 4 is 5.91 Å². The molecule has 0 spiro atoms. The maximum absolute atomic E-state index is 11.3. The number of unbranched alkanes of at least 4 members (excludes halogenated alkanes) is 1. The predicted octanol–water partition coefficient (Wildman–Crippen LogP) is 1.83. The number of amides is 1. The standard InChI is InChI=1S/C12H24N2O/c1-4-7-11(13)12(15)14-9-6-5-8-10(2)3/h4,10-11H,1,5-9,13H2,2-3H3,(H,14,15). The van der Waals surface area contributed by atoms with E-state index >= 15 is 0 Å². The van der Waals surface area contributed by atoms with Gasteiger partial charge in [-0.3, -0.25) is 4.79 Å². The number of hydrogen-bond acceptors (Lipinski definition) is 2. The second kappa shape index (κ2) is 8.48. The maximum Gasteiger partial charge on any atom is 0.237 e. The molecule has 0 saturated heterocycles. The van der Waals surface area contributed by atoms with E-state index in [1.807, 2.05) is 0 Å². The molecule has 1 atom stereocenters. The lowest BCUT2D eigenvalue weighted by Crippen LogP contribution is -2.40. The molecule has 3 nitrogen and oxygen atoms in total. The molecule has 3 heteroatoms. The Bertz CT molecular complexity index is 190. The Morgan fingerprint density at radius 1 is 1.47 bits per heavy atom. The van der Waals surface area contributed by atoms with Gasteiger partial charge in [-0.25, -0.2) is 0 Å². The van der Waals surface area contributed by atoms with Crippen molar-refractivity contribution in [2.75, 3.05) is 6.54 Å². The molecule has 0 aromatic heterocycles. The maximum atomic E-state index is 11.3. The first-order chi connectivity index (χ1) is 7.07. The average Bonchev–Trinajstić information content (AvgIpc) is 2.16. The van der Waals surface area contributed by atoms with Gasteiger partial charge in [0, 0.05) is 6.54 Å². The van der Waals surface area contributed by atoms with Crippen molar-refractivity contribution in [3.05, 3.63) is 12.7 Å². The summed E-state index contributed by atoms with van der Waals surface area (Å²) in [6.45, 7) is 8.70. The highest BCUT2D eigenvalue weighted by Gasteiger charge is 2.09. The number of carbonyl (C=O) groups excluding carboxylic acids is 1. The van der Waals surface area contributed by atoms with Crippen molar-refractivity contribution in [3.8, 4) is 0 Å². The molecule has 0 rings (SSSR count). The summed E-state index contributed by atoms with van der Waals surface area (Å²) in [7, 11) is 0. The van der Waals surface area contributed by atoms with E-state index in [-0.39, 0.29) is 5.91 Å². The van der Waals surface area contributed by atoms with Gasteiger partial charge in [-0.1, -0.05) is 32.8 Å². The zero-order chi connectivity index (χ0) is 11.7. The Morgan fingerprint density at radius 3 is 2.67 bits per heavy atom. The lowest BCUT2D eigenvalue weighted by atomic mass is 10.1. The van der Waals surface area contributed by atoms with E-state index in [1.165, 1.54) is 6.42 Å². The van der Waals surface area contributed by atoms with Gasteiger partial charge in [0.1, 0.15) is 0 Å². The van der Waals surface area contributed by atoms with Crippen molar-refractivity contribution in [2.45, 2.75) is 45.6 Å². The van der Waals surface area contributed by atoms with E-state index in [4.69, 9.17) is 5.73 Å². The molecule has 0 bridgehead atoms. The smallest absolute Gasteiger partial charge is 0.237 e. The van der Waals surface area contributed by atoms with Crippen LogP contribution in [0.5, 0.6) is 0 Å². The molecule has 0 radical (unpaired) electrons. The summed E-state index contributed by atoms with van der Waals surface area (Å²) in [5.74, 6) is 0.670. The van der Waals surface area contributed by atoms with E-state index in [9.17, 15) is 4.79 Å². The Kier molecular flexibility index (Phi) is 8.01. The summed E-state index contributed by atoms with van der Waals surface area (Å²) in [6.07, 6.45) is 5.62. The fourth-order valence-corrected chi connectivity index (χ4v) is 1.31. The minimum absolute atomic E-state index is 0.0700. The average molecular weight is 212 g/mol. The molecule has 15 heavy (non-hydrogen) atoms. The van der Waals surface area contributed by atoms with Crippen molar-refractivity contribution in [3.63, 3.8) is 0 Å². The largest absolute Gasteiger partial charge is 0.355 e. The van der Waals surface area contributed by atoms with Gasteiger partial charge in [-0.15, -0.1) is 6.58 Å². The first kappa shape index (κ1) is 14.2. The van der Waals surface area contributed by atoms with Gasteiger partial charge in [0.05, 0.1) is 6.04 Å². The number of carbonyl (C=O) groups is 1. The number of hydrogen-bond donors (Lipinski definition) is 2. The van der Waals surface area contributed by atoms with Crippen LogP contribution in [0.2, 0.25) is 0 Å². The van der Waals surface area contributed by atoms with Crippen LogP contribution in [-0.2, 0) is 4.79 Å². The summed E-state index contributed by atoms with van der Waals surface area (Å²) in [4.78, 5) is 11.3. The van der Waals surface area contributed by atoms with Crippen LogP contribution in [0.4, 0.5) is 0 Å². The zero-order valence-corrected chi connectivity index (χ0v) is 9.96. The third-order valence-corrected chi connectivity index (χ3v) is 2.26. The fourth-order valence-electron chi connectivity index (χ4n) is 1.31. The normalized spacial score (nSPS) is 12.5. The summed E-state index contributed by atoms with van der Waals surface area (Å²) >= 11 is 0. The lowest BCUT2D eigenvalue weighted by molar-refractivity contribution is -0.122. The molecule has 1 unspecified atom stereocenters. The van der Waals surface area contributed by atoms with Gasteiger partial charge in [0.25, 0.3) is 0 Å². The summed E-state index contributed by atoms with van der Waals surface area (Å²) < 4.78 is 0. The van der Waals surface area contributed by atoms with Crippen LogP contribution in [0.3, 0.4) is 0 Å². The predicted molar refractivity (Wildman–Crippen MR) is 64.5 cm³/mol. The molecule has 0 aliphatic heterocycles. The van der Waals surface area contributed by atoms with Gasteiger partial charge < -0.3 is 11.1 Å². The molecule has 0 aliphatic rings. The van der Waals surface area contributed by atoms with E-state index in [0.717, 1.165) is 25.3 Å². The highest BCUT2D eigenvalue weighted by atomic mass is 16.2. The minimum atomic E-state index is -0.437. The van der Waals surface area contributed by atoms with Crippen LogP contribution in [0, 0.1) is 5.92 Å². The molecule has 0 aromatic rings. The molecule has 0 aliphatic carbocycles. The molecule has 0 saturated carbocycles. The number of nitrogens with one attached hydrogen (secondary N) is 1. The second-order valence-electron chi connectivity index (χ2n) is 4.31. The van der Waals surface area contributed by atoms with E-state index < -0.39 is 6.04 Å². The number of rotatable bonds is 8. The first-order valence-corrected chi connectivity index (χ1v) is 5.72. The molecule has 0 fully saturated rings. The second-order valence-corrected chi connectivity index (χ2v) is 4.31. The van der Waals surface area contributed by atoms with Crippen LogP contribution >= 0.6 is 0 Å². The zero-order valence-electron chi connectivity index (χ0n) is 9.96. The molecular weight excluding hydrogens is 188 g/mol. The minimum Gasteiger partial charge on any atom is -0.355 e. The fraction of sp³-hybridized carbons (Fsp3) is 0.750. The van der Waals surface area contributed by atoms with Crippen LogP contribution in [0.1, 0.15) is 39.5 Å². The molecule has 3 N–H and O–H groups in total. The third-order valence-electron chi connectivity index (χ3n) is 2.26. The van der Waals surface area contributed by atoms with E-state index in [1.54, 1.807) is 6.08 Å². The van der Waals surface area contributed by atoms with Crippen molar-refractivity contribution in [1.29, 1.82) is 0 Å². The highest BCUT2D eigenvalue weighted by molar-refractivity contribution is 5.81. The summed E-state index contributed by atoms with van der Waals surface area (Å²) in [6, 6.07) is -0.437. The van der Waals surface area contributed by atoms with Crippen LogP contribution in [0.25, 0.3) is 0 Å². The van der Waals surface area contributed by atoms with E-state index in [0.29, 0.717) is 6.42 Å². The van der Waals surface area contributed by atoms with Gasteiger partial charge in [0.2, 0.25) is 5.91 Å². The topological polar surface area (TPSA) is 55.1 Å². The Labute approximate surface area is 93.1 Å². The molecule has 1 amide bonds. The quantitative estimate of drug-likeness (QED) is 0.476. The third kappa shape index (κ3) is 8.18. The molecule has 0 heterocycles.